The average Bonchev–Trinajstić information content (AvgIpc) is 2.77. The molecule has 1 aromatic heterocycles. The molecule has 0 atom stereocenters. The molecule has 0 saturated heterocycles. The maximum Gasteiger partial charge on any atom is 0.255 e. The number of hydrogen-bond donors (Lipinski definition) is 1. The van der Waals surface area contributed by atoms with Crippen LogP contribution in [-0.4, -0.2) is 23.0 Å². The van der Waals surface area contributed by atoms with Crippen molar-refractivity contribution in [2.24, 2.45) is 0 Å². The molecular formula is C13H11Cl2NO2S. The summed E-state index contributed by atoms with van der Waals surface area (Å²) in [4.78, 5) is 14.7. The minimum absolute atomic E-state index is 0.0142. The Bertz CT molecular complexity index is 612. The third-order valence-electron chi connectivity index (χ3n) is 2.55. The van der Waals surface area contributed by atoms with Gasteiger partial charge in [0, 0.05) is 11.9 Å². The SMILES string of the molecule is CN(Cc1ccc(Cl)s1)C(=O)c1cc(O)ccc1Cl. The molecule has 2 aromatic rings. The molecule has 0 aliphatic heterocycles. The second-order valence-electron chi connectivity index (χ2n) is 4.03. The van der Waals surface area contributed by atoms with Gasteiger partial charge >= 0.3 is 0 Å². The van der Waals surface area contributed by atoms with Gasteiger partial charge in [-0.25, -0.2) is 0 Å². The zero-order valence-corrected chi connectivity index (χ0v) is 12.4. The normalized spacial score (nSPS) is 10.5. The first-order chi connectivity index (χ1) is 8.97. The summed E-state index contributed by atoms with van der Waals surface area (Å²) in [6.07, 6.45) is 0. The predicted molar refractivity (Wildman–Crippen MR) is 78.2 cm³/mol. The Morgan fingerprint density at radius 3 is 2.68 bits per heavy atom. The number of hydrogen-bond acceptors (Lipinski definition) is 3. The van der Waals surface area contributed by atoms with E-state index in [0.717, 1.165) is 4.88 Å². The molecule has 0 aliphatic carbocycles. The molecule has 2 rings (SSSR count). The van der Waals surface area contributed by atoms with Crippen LogP contribution in [0, 0.1) is 0 Å². The molecule has 0 bridgehead atoms. The van der Waals surface area contributed by atoms with Crippen LogP contribution in [-0.2, 0) is 6.54 Å². The molecule has 3 nitrogen and oxygen atoms in total. The van der Waals surface area contributed by atoms with Gasteiger partial charge in [0.2, 0.25) is 0 Å². The number of phenols is 1. The molecule has 0 aliphatic rings. The van der Waals surface area contributed by atoms with Gasteiger partial charge in [0.05, 0.1) is 21.5 Å². The summed E-state index contributed by atoms with van der Waals surface area (Å²) < 4.78 is 0.686. The van der Waals surface area contributed by atoms with Gasteiger partial charge in [0.25, 0.3) is 5.91 Å². The smallest absolute Gasteiger partial charge is 0.255 e. The largest absolute Gasteiger partial charge is 0.508 e. The van der Waals surface area contributed by atoms with Crippen molar-refractivity contribution in [1.82, 2.24) is 4.90 Å². The van der Waals surface area contributed by atoms with E-state index in [1.807, 2.05) is 6.07 Å². The number of rotatable bonds is 3. The Labute approximate surface area is 125 Å². The fourth-order valence-electron chi connectivity index (χ4n) is 1.63. The van der Waals surface area contributed by atoms with Gasteiger partial charge in [-0.05, 0) is 30.3 Å². The lowest BCUT2D eigenvalue weighted by Gasteiger charge is -2.17. The Hall–Kier alpha value is -1.23. The van der Waals surface area contributed by atoms with Gasteiger partial charge in [0.1, 0.15) is 5.75 Å². The van der Waals surface area contributed by atoms with E-state index >= 15 is 0 Å². The van der Waals surface area contributed by atoms with Gasteiger partial charge in [-0.2, -0.15) is 0 Å². The number of benzene rings is 1. The minimum atomic E-state index is -0.245. The first-order valence-electron chi connectivity index (χ1n) is 5.45. The molecule has 0 unspecified atom stereocenters. The zero-order valence-electron chi connectivity index (χ0n) is 10.1. The summed E-state index contributed by atoms with van der Waals surface area (Å²) in [5, 5.41) is 9.73. The Morgan fingerprint density at radius 2 is 2.05 bits per heavy atom. The quantitative estimate of drug-likeness (QED) is 0.928. The van der Waals surface area contributed by atoms with Crippen molar-refractivity contribution in [3.63, 3.8) is 0 Å². The van der Waals surface area contributed by atoms with Crippen molar-refractivity contribution in [1.29, 1.82) is 0 Å². The summed E-state index contributed by atoms with van der Waals surface area (Å²) in [7, 11) is 1.68. The first kappa shape index (κ1) is 14.2. The van der Waals surface area contributed by atoms with Gasteiger partial charge < -0.3 is 10.0 Å². The van der Waals surface area contributed by atoms with Crippen LogP contribution in [0.1, 0.15) is 15.2 Å². The van der Waals surface area contributed by atoms with E-state index in [4.69, 9.17) is 23.2 Å². The lowest BCUT2D eigenvalue weighted by Crippen LogP contribution is -2.26. The van der Waals surface area contributed by atoms with Crippen LogP contribution in [0.5, 0.6) is 5.75 Å². The number of nitrogens with zero attached hydrogens (tertiary/aromatic N) is 1. The molecule has 0 spiro atoms. The second kappa shape index (κ2) is 5.82. The number of carbonyl (C=O) groups excluding carboxylic acids is 1. The van der Waals surface area contributed by atoms with Gasteiger partial charge in [0.15, 0.2) is 0 Å². The number of thiophene rings is 1. The molecule has 19 heavy (non-hydrogen) atoms. The lowest BCUT2D eigenvalue weighted by atomic mass is 10.2. The fourth-order valence-corrected chi connectivity index (χ4v) is 2.96. The third-order valence-corrected chi connectivity index (χ3v) is 4.09. The maximum atomic E-state index is 12.2. The molecule has 1 aromatic carbocycles. The summed E-state index contributed by atoms with van der Waals surface area (Å²) >= 11 is 13.2. The van der Waals surface area contributed by atoms with Crippen molar-refractivity contribution >= 4 is 40.4 Å². The van der Waals surface area contributed by atoms with Crippen LogP contribution in [0.3, 0.4) is 0 Å². The highest BCUT2D eigenvalue weighted by Crippen LogP contribution is 2.25. The number of amides is 1. The zero-order chi connectivity index (χ0) is 14.0. The average molecular weight is 316 g/mol. The topological polar surface area (TPSA) is 40.5 Å². The molecule has 100 valence electrons. The van der Waals surface area contributed by atoms with Crippen LogP contribution in [0.15, 0.2) is 30.3 Å². The standard InChI is InChI=1S/C13H11Cl2NO2S/c1-16(7-9-3-5-12(15)19-9)13(18)10-6-8(17)2-4-11(10)14/h2-6,17H,7H2,1H3. The molecule has 0 radical (unpaired) electrons. The van der Waals surface area contributed by atoms with E-state index in [1.165, 1.54) is 34.4 Å². The van der Waals surface area contributed by atoms with E-state index in [2.05, 4.69) is 0 Å². The van der Waals surface area contributed by atoms with Crippen LogP contribution >= 0.6 is 34.5 Å². The summed E-state index contributed by atoms with van der Waals surface area (Å²) in [5.41, 5.74) is 0.284. The van der Waals surface area contributed by atoms with E-state index in [9.17, 15) is 9.90 Å². The van der Waals surface area contributed by atoms with Crippen molar-refractivity contribution in [2.75, 3.05) is 7.05 Å². The highest BCUT2D eigenvalue weighted by atomic mass is 35.5. The van der Waals surface area contributed by atoms with Crippen LogP contribution < -0.4 is 0 Å². The number of carbonyl (C=O) groups is 1. The van der Waals surface area contributed by atoms with E-state index in [0.29, 0.717) is 15.9 Å². The molecular weight excluding hydrogens is 305 g/mol. The molecule has 0 saturated carbocycles. The van der Waals surface area contributed by atoms with Gasteiger partial charge in [-0.3, -0.25) is 4.79 Å². The number of phenolic OH excluding ortho intramolecular Hbond substituents is 1. The highest BCUT2D eigenvalue weighted by molar-refractivity contribution is 7.16. The molecule has 0 fully saturated rings. The predicted octanol–water partition coefficient (Wildman–Crippen LogP) is 4.03. The Balaban J connectivity index is 2.16. The minimum Gasteiger partial charge on any atom is -0.508 e. The maximum absolute atomic E-state index is 12.2. The Kier molecular flexibility index (Phi) is 4.34. The highest BCUT2D eigenvalue weighted by Gasteiger charge is 2.16. The summed E-state index contributed by atoms with van der Waals surface area (Å²) in [5.74, 6) is -0.231. The van der Waals surface area contributed by atoms with Crippen LogP contribution in [0.2, 0.25) is 9.36 Å². The lowest BCUT2D eigenvalue weighted by molar-refractivity contribution is 0.0786. The van der Waals surface area contributed by atoms with E-state index < -0.39 is 0 Å². The Morgan fingerprint density at radius 1 is 1.32 bits per heavy atom. The molecule has 6 heteroatoms. The van der Waals surface area contributed by atoms with E-state index in [-0.39, 0.29) is 17.2 Å². The molecule has 1 N–H and O–H groups in total. The third kappa shape index (κ3) is 3.41. The molecule has 1 amide bonds. The summed E-state index contributed by atoms with van der Waals surface area (Å²) in [6, 6.07) is 7.97. The first-order valence-corrected chi connectivity index (χ1v) is 7.03. The van der Waals surface area contributed by atoms with Crippen molar-refractivity contribution in [3.05, 3.63) is 50.1 Å². The van der Waals surface area contributed by atoms with Crippen LogP contribution in [0.25, 0.3) is 0 Å². The van der Waals surface area contributed by atoms with Gasteiger partial charge in [-0.1, -0.05) is 23.2 Å². The van der Waals surface area contributed by atoms with Crippen molar-refractivity contribution in [2.45, 2.75) is 6.54 Å². The number of aromatic hydroxyl groups is 1. The summed E-state index contributed by atoms with van der Waals surface area (Å²) in [6.45, 7) is 0.447. The monoisotopic (exact) mass is 315 g/mol. The molecule has 1 heterocycles. The fraction of sp³-hybridized carbons (Fsp3) is 0.154. The van der Waals surface area contributed by atoms with E-state index in [1.54, 1.807) is 13.1 Å². The van der Waals surface area contributed by atoms with Crippen molar-refractivity contribution in [3.8, 4) is 5.75 Å². The number of halogens is 2. The van der Waals surface area contributed by atoms with Gasteiger partial charge in [-0.15, -0.1) is 11.3 Å². The van der Waals surface area contributed by atoms with Crippen molar-refractivity contribution < 1.29 is 9.90 Å². The second-order valence-corrected chi connectivity index (χ2v) is 6.24. The van der Waals surface area contributed by atoms with Crippen LogP contribution in [0.4, 0.5) is 0 Å².